The third-order valence-corrected chi connectivity index (χ3v) is 1.13. The normalized spacial score (nSPS) is 18.7. The standard InChI is InChI=1S/CH3BrFO3P/c2-1(3)6-7(4)5/h1,7H,(H,4,5). The first-order valence-electron chi connectivity index (χ1n) is 1.30. The summed E-state index contributed by atoms with van der Waals surface area (Å²) < 4.78 is 24.4. The van der Waals surface area contributed by atoms with Crippen LogP contribution in [0, 0.1) is 0 Å². The van der Waals surface area contributed by atoms with Crippen LogP contribution in [0.4, 0.5) is 4.39 Å². The summed E-state index contributed by atoms with van der Waals surface area (Å²) in [5, 5.41) is -1.83. The molecule has 2 unspecified atom stereocenters. The molecule has 0 fully saturated rings. The van der Waals surface area contributed by atoms with E-state index in [0.29, 0.717) is 0 Å². The summed E-state index contributed by atoms with van der Waals surface area (Å²) in [4.78, 5) is 7.78. The zero-order chi connectivity index (χ0) is 5.86. The molecule has 0 aliphatic rings. The van der Waals surface area contributed by atoms with Gasteiger partial charge in [0.25, 0.3) is 5.27 Å². The van der Waals surface area contributed by atoms with Crippen molar-refractivity contribution in [2.24, 2.45) is 0 Å². The molecular formula is CH3BrFO3P. The van der Waals surface area contributed by atoms with E-state index in [1.165, 1.54) is 0 Å². The van der Waals surface area contributed by atoms with Gasteiger partial charge in [-0.25, -0.2) is 4.39 Å². The minimum Gasteiger partial charge on any atom is -0.326 e. The van der Waals surface area contributed by atoms with E-state index in [0.717, 1.165) is 0 Å². The Morgan fingerprint density at radius 3 is 2.43 bits per heavy atom. The van der Waals surface area contributed by atoms with E-state index >= 15 is 0 Å². The van der Waals surface area contributed by atoms with Crippen LogP contribution in [0.5, 0.6) is 0 Å². The molecule has 44 valence electrons. The lowest BCUT2D eigenvalue weighted by Gasteiger charge is -1.93. The van der Waals surface area contributed by atoms with Crippen molar-refractivity contribution < 1.29 is 18.4 Å². The maximum atomic E-state index is 11.3. The summed E-state index contributed by atoms with van der Waals surface area (Å²) in [6.07, 6.45) is 0. The van der Waals surface area contributed by atoms with E-state index in [1.54, 1.807) is 0 Å². The summed E-state index contributed by atoms with van der Waals surface area (Å²) in [5.41, 5.74) is 0. The molecule has 0 amide bonds. The van der Waals surface area contributed by atoms with Gasteiger partial charge in [0.1, 0.15) is 0 Å². The van der Waals surface area contributed by atoms with Crippen LogP contribution in [-0.2, 0) is 9.09 Å². The molecule has 0 spiro atoms. The molecule has 0 aliphatic heterocycles. The van der Waals surface area contributed by atoms with Gasteiger partial charge in [-0.1, -0.05) is 0 Å². The molecule has 6 heteroatoms. The smallest absolute Gasteiger partial charge is 0.319 e. The Bertz CT molecular complexity index is 75.3. The Labute approximate surface area is 48.6 Å². The largest absolute Gasteiger partial charge is 0.326 e. The van der Waals surface area contributed by atoms with Crippen LogP contribution in [0.1, 0.15) is 0 Å². The molecule has 0 radical (unpaired) electrons. The second kappa shape index (κ2) is 3.55. The third kappa shape index (κ3) is 6.56. The zero-order valence-corrected chi connectivity index (χ0v) is 5.68. The molecule has 0 heterocycles. The number of rotatable bonds is 2. The minimum atomic E-state index is -3.11. The van der Waals surface area contributed by atoms with Crippen LogP contribution in [-0.4, -0.2) is 10.2 Å². The van der Waals surface area contributed by atoms with Gasteiger partial charge in [-0.2, -0.15) is 0 Å². The average Bonchev–Trinajstić information content (AvgIpc) is 1.27. The van der Waals surface area contributed by atoms with Crippen LogP contribution in [0.25, 0.3) is 0 Å². The van der Waals surface area contributed by atoms with E-state index in [-0.39, 0.29) is 0 Å². The molecule has 0 aromatic carbocycles. The van der Waals surface area contributed by atoms with E-state index < -0.39 is 13.5 Å². The van der Waals surface area contributed by atoms with Crippen LogP contribution < -0.4 is 0 Å². The number of halogens is 2. The molecule has 0 saturated heterocycles. The van der Waals surface area contributed by atoms with E-state index in [2.05, 4.69) is 20.5 Å². The topological polar surface area (TPSA) is 46.5 Å². The van der Waals surface area contributed by atoms with E-state index in [1.807, 2.05) is 0 Å². The number of hydrogen-bond acceptors (Lipinski definition) is 2. The molecule has 0 rings (SSSR count). The van der Waals surface area contributed by atoms with Crippen molar-refractivity contribution in [1.82, 2.24) is 0 Å². The fourth-order valence-corrected chi connectivity index (χ4v) is 0.708. The number of hydrogen-bond donors (Lipinski definition) is 1. The lowest BCUT2D eigenvalue weighted by atomic mass is 11.6. The van der Waals surface area contributed by atoms with Crippen molar-refractivity contribution in [2.75, 3.05) is 0 Å². The van der Waals surface area contributed by atoms with Crippen LogP contribution >= 0.6 is 24.2 Å². The molecule has 7 heavy (non-hydrogen) atoms. The average molecular weight is 193 g/mol. The second-order valence-electron chi connectivity index (χ2n) is 0.644. The summed E-state index contributed by atoms with van der Waals surface area (Å²) in [7, 11) is -3.11. The molecular weight excluding hydrogens is 190 g/mol. The maximum Gasteiger partial charge on any atom is 0.319 e. The Morgan fingerprint density at radius 2 is 2.43 bits per heavy atom. The minimum absolute atomic E-state index is 1.83. The fraction of sp³-hybridized carbons (Fsp3) is 1.00. The van der Waals surface area contributed by atoms with Gasteiger partial charge in [-0.3, -0.25) is 9.09 Å². The highest BCUT2D eigenvalue weighted by Gasteiger charge is 2.00. The molecule has 0 saturated carbocycles. The zero-order valence-electron chi connectivity index (χ0n) is 3.10. The quantitative estimate of drug-likeness (QED) is 0.526. The molecule has 3 nitrogen and oxygen atoms in total. The van der Waals surface area contributed by atoms with Crippen LogP contribution in [0.15, 0.2) is 0 Å². The van der Waals surface area contributed by atoms with Gasteiger partial charge >= 0.3 is 8.25 Å². The predicted octanol–water partition coefficient (Wildman–Crippen LogP) is 1.03. The van der Waals surface area contributed by atoms with Gasteiger partial charge in [0, 0.05) is 0 Å². The van der Waals surface area contributed by atoms with Crippen molar-refractivity contribution in [3.8, 4) is 0 Å². The Hall–Kier alpha value is 0.560. The van der Waals surface area contributed by atoms with Gasteiger partial charge in [-0.05, 0) is 15.9 Å². The molecule has 2 atom stereocenters. The van der Waals surface area contributed by atoms with Gasteiger partial charge in [0.05, 0.1) is 0 Å². The van der Waals surface area contributed by atoms with Crippen molar-refractivity contribution >= 4 is 24.2 Å². The first-order valence-corrected chi connectivity index (χ1v) is 3.48. The van der Waals surface area contributed by atoms with Crippen molar-refractivity contribution in [1.29, 1.82) is 0 Å². The lowest BCUT2D eigenvalue weighted by molar-refractivity contribution is 0.153. The Kier molecular flexibility index (Phi) is 3.83. The van der Waals surface area contributed by atoms with E-state index in [9.17, 15) is 8.96 Å². The summed E-state index contributed by atoms with van der Waals surface area (Å²) in [5.74, 6) is 0. The summed E-state index contributed by atoms with van der Waals surface area (Å²) in [6.45, 7) is 0. The van der Waals surface area contributed by atoms with Crippen molar-refractivity contribution in [2.45, 2.75) is 5.27 Å². The predicted molar refractivity (Wildman–Crippen MR) is 26.1 cm³/mol. The van der Waals surface area contributed by atoms with Crippen molar-refractivity contribution in [3.05, 3.63) is 0 Å². The highest BCUT2D eigenvalue weighted by atomic mass is 79.9. The Morgan fingerprint density at radius 1 is 2.00 bits per heavy atom. The number of alkyl halides is 2. The van der Waals surface area contributed by atoms with Gasteiger partial charge in [0.15, 0.2) is 0 Å². The summed E-state index contributed by atoms with van der Waals surface area (Å²) in [6, 6.07) is 0. The molecule has 0 bridgehead atoms. The molecule has 0 aliphatic carbocycles. The Balaban J connectivity index is 3.13. The lowest BCUT2D eigenvalue weighted by Crippen LogP contribution is -1.84. The second-order valence-corrected chi connectivity index (χ2v) is 2.13. The fourth-order valence-electron chi connectivity index (χ4n) is 0.0762. The summed E-state index contributed by atoms with van der Waals surface area (Å²) >= 11 is 2.25. The molecule has 1 N–H and O–H groups in total. The highest BCUT2D eigenvalue weighted by Crippen LogP contribution is 2.21. The maximum absolute atomic E-state index is 11.3. The molecule has 0 aromatic heterocycles. The monoisotopic (exact) mass is 192 g/mol. The first-order chi connectivity index (χ1) is 3.13. The van der Waals surface area contributed by atoms with Gasteiger partial charge in [0.2, 0.25) is 0 Å². The van der Waals surface area contributed by atoms with Crippen LogP contribution in [0.2, 0.25) is 0 Å². The van der Waals surface area contributed by atoms with Crippen molar-refractivity contribution in [3.63, 3.8) is 0 Å². The SMILES string of the molecule is O=[PH](O)OC(F)Br. The third-order valence-electron chi connectivity index (χ3n) is 0.190. The van der Waals surface area contributed by atoms with E-state index in [4.69, 9.17) is 4.89 Å². The van der Waals surface area contributed by atoms with Gasteiger partial charge < -0.3 is 4.89 Å². The first kappa shape index (κ1) is 7.56. The molecule has 0 aromatic rings. The van der Waals surface area contributed by atoms with Crippen LogP contribution in [0.3, 0.4) is 0 Å². The highest BCUT2D eigenvalue weighted by molar-refractivity contribution is 9.09. The van der Waals surface area contributed by atoms with Gasteiger partial charge in [-0.15, -0.1) is 0 Å².